The summed E-state index contributed by atoms with van der Waals surface area (Å²) in [6.45, 7) is 3.80. The molecule has 8 heteroatoms. The molecule has 2 heterocycles. The number of rotatable bonds is 6. The lowest BCUT2D eigenvalue weighted by Gasteiger charge is -2.21. The summed E-state index contributed by atoms with van der Waals surface area (Å²) in [5.74, 6) is -0.253. The second kappa shape index (κ2) is 8.30. The largest absolute Gasteiger partial charge is 0.342 e. The summed E-state index contributed by atoms with van der Waals surface area (Å²) >= 11 is 3.27. The Balaban J connectivity index is 1.68. The van der Waals surface area contributed by atoms with Gasteiger partial charge in [0.05, 0.1) is 11.7 Å². The topological polar surface area (TPSA) is 88.9 Å². The first-order chi connectivity index (χ1) is 12.9. The standard InChI is InChI=1S/C19H20BrN5O2/c1-12(2)18(19(27)23-16-9-5-8-15(20)22-16)24-17(26)11-25-14-7-4-3-6-13(14)10-21-25/h3-10,12,18H,11H2,1-2H3,(H,24,26)(H,22,23,27)/t18-/m1/s1. The number of pyridine rings is 1. The number of carbonyl (C=O) groups is 2. The fourth-order valence-electron chi connectivity index (χ4n) is 2.72. The molecule has 3 aromatic rings. The molecule has 0 spiro atoms. The van der Waals surface area contributed by atoms with Gasteiger partial charge in [-0.3, -0.25) is 14.3 Å². The number of nitrogens with one attached hydrogen (secondary N) is 2. The fourth-order valence-corrected chi connectivity index (χ4v) is 3.07. The van der Waals surface area contributed by atoms with Crippen LogP contribution in [0.15, 0.2) is 53.3 Å². The van der Waals surface area contributed by atoms with E-state index in [1.165, 1.54) is 0 Å². The highest BCUT2D eigenvalue weighted by molar-refractivity contribution is 9.10. The van der Waals surface area contributed by atoms with Gasteiger partial charge in [0.2, 0.25) is 11.8 Å². The third-order valence-corrected chi connectivity index (χ3v) is 4.52. The van der Waals surface area contributed by atoms with E-state index in [1.54, 1.807) is 29.1 Å². The van der Waals surface area contributed by atoms with Crippen LogP contribution < -0.4 is 10.6 Å². The van der Waals surface area contributed by atoms with E-state index in [-0.39, 0.29) is 24.3 Å². The van der Waals surface area contributed by atoms with Crippen molar-refractivity contribution in [1.29, 1.82) is 0 Å². The second-order valence-corrected chi connectivity index (χ2v) is 7.30. The molecule has 1 aromatic carbocycles. The molecule has 2 amide bonds. The van der Waals surface area contributed by atoms with Crippen LogP contribution in [0.3, 0.4) is 0 Å². The summed E-state index contributed by atoms with van der Waals surface area (Å²) in [5, 5.41) is 10.8. The highest BCUT2D eigenvalue weighted by atomic mass is 79.9. The predicted octanol–water partition coefficient (Wildman–Crippen LogP) is 2.97. The molecule has 27 heavy (non-hydrogen) atoms. The Bertz CT molecular complexity index is 969. The van der Waals surface area contributed by atoms with Crippen molar-refractivity contribution in [3.8, 4) is 0 Å². The second-order valence-electron chi connectivity index (χ2n) is 6.49. The molecule has 0 saturated carbocycles. The monoisotopic (exact) mass is 429 g/mol. The summed E-state index contributed by atoms with van der Waals surface area (Å²) in [5.41, 5.74) is 0.872. The molecule has 0 aliphatic carbocycles. The third kappa shape index (κ3) is 4.71. The van der Waals surface area contributed by atoms with Gasteiger partial charge in [-0.05, 0) is 40.0 Å². The van der Waals surface area contributed by atoms with Crippen LogP contribution in [0.4, 0.5) is 5.82 Å². The van der Waals surface area contributed by atoms with Gasteiger partial charge in [-0.15, -0.1) is 0 Å². The predicted molar refractivity (Wildman–Crippen MR) is 107 cm³/mol. The first-order valence-corrected chi connectivity index (χ1v) is 9.36. The number of anilines is 1. The maximum Gasteiger partial charge on any atom is 0.248 e. The van der Waals surface area contributed by atoms with Gasteiger partial charge in [0, 0.05) is 5.39 Å². The van der Waals surface area contributed by atoms with Crippen molar-refractivity contribution in [1.82, 2.24) is 20.1 Å². The molecular formula is C19H20BrN5O2. The van der Waals surface area contributed by atoms with Gasteiger partial charge in [0.25, 0.3) is 0 Å². The van der Waals surface area contributed by atoms with E-state index < -0.39 is 6.04 Å². The quantitative estimate of drug-likeness (QED) is 0.589. The van der Waals surface area contributed by atoms with E-state index in [9.17, 15) is 9.59 Å². The molecule has 0 saturated heterocycles. The Labute approximate surface area is 165 Å². The van der Waals surface area contributed by atoms with E-state index in [0.717, 1.165) is 10.9 Å². The van der Waals surface area contributed by atoms with Gasteiger partial charge >= 0.3 is 0 Å². The molecule has 0 bridgehead atoms. The third-order valence-electron chi connectivity index (χ3n) is 4.08. The zero-order valence-electron chi connectivity index (χ0n) is 15.0. The molecule has 0 fully saturated rings. The molecule has 0 aliphatic rings. The Morgan fingerprint density at radius 3 is 2.67 bits per heavy atom. The normalized spacial score (nSPS) is 12.1. The van der Waals surface area contributed by atoms with Crippen molar-refractivity contribution in [3.63, 3.8) is 0 Å². The summed E-state index contributed by atoms with van der Waals surface area (Å²) in [7, 11) is 0. The van der Waals surface area contributed by atoms with Crippen LogP contribution in [0.2, 0.25) is 0 Å². The van der Waals surface area contributed by atoms with Gasteiger partial charge in [0.15, 0.2) is 0 Å². The van der Waals surface area contributed by atoms with E-state index >= 15 is 0 Å². The molecule has 0 radical (unpaired) electrons. The van der Waals surface area contributed by atoms with Crippen LogP contribution in [0.25, 0.3) is 10.9 Å². The molecule has 0 unspecified atom stereocenters. The van der Waals surface area contributed by atoms with Gasteiger partial charge in [0.1, 0.15) is 23.0 Å². The maximum absolute atomic E-state index is 12.6. The number of fused-ring (bicyclic) bond motifs is 1. The molecule has 1 atom stereocenters. The highest BCUT2D eigenvalue weighted by Gasteiger charge is 2.25. The van der Waals surface area contributed by atoms with Crippen molar-refractivity contribution in [2.24, 2.45) is 5.92 Å². The zero-order chi connectivity index (χ0) is 19.4. The lowest BCUT2D eigenvalue weighted by atomic mass is 10.0. The highest BCUT2D eigenvalue weighted by Crippen LogP contribution is 2.14. The Hall–Kier alpha value is -2.74. The number of para-hydroxylation sites is 1. The van der Waals surface area contributed by atoms with Crippen molar-refractivity contribution >= 4 is 44.5 Å². The van der Waals surface area contributed by atoms with Crippen LogP contribution in [-0.4, -0.2) is 32.6 Å². The number of carbonyl (C=O) groups excluding carboxylic acids is 2. The fraction of sp³-hybridized carbons (Fsp3) is 0.263. The molecule has 3 rings (SSSR count). The minimum Gasteiger partial charge on any atom is -0.342 e. The van der Waals surface area contributed by atoms with Crippen molar-refractivity contribution in [3.05, 3.63) is 53.3 Å². The number of amides is 2. The average molecular weight is 430 g/mol. The number of nitrogens with zero attached hydrogens (tertiary/aromatic N) is 3. The minimum atomic E-state index is -0.680. The number of aromatic nitrogens is 3. The van der Waals surface area contributed by atoms with Crippen molar-refractivity contribution < 1.29 is 9.59 Å². The van der Waals surface area contributed by atoms with E-state index in [2.05, 4.69) is 36.6 Å². The van der Waals surface area contributed by atoms with Crippen LogP contribution in [0.5, 0.6) is 0 Å². The smallest absolute Gasteiger partial charge is 0.248 e. The summed E-state index contributed by atoms with van der Waals surface area (Å²) in [6, 6.07) is 12.2. The zero-order valence-corrected chi connectivity index (χ0v) is 16.6. The van der Waals surface area contributed by atoms with Crippen molar-refractivity contribution in [2.45, 2.75) is 26.4 Å². The lowest BCUT2D eigenvalue weighted by Crippen LogP contribution is -2.48. The Morgan fingerprint density at radius 2 is 1.93 bits per heavy atom. The summed E-state index contributed by atoms with van der Waals surface area (Å²) in [6.07, 6.45) is 1.72. The SMILES string of the molecule is CC(C)[C@@H](NC(=O)Cn1ncc2ccccc21)C(=O)Nc1cccc(Br)n1. The summed E-state index contributed by atoms with van der Waals surface area (Å²) in [4.78, 5) is 29.3. The minimum absolute atomic E-state index is 0.0408. The van der Waals surface area contributed by atoms with Crippen LogP contribution in [0, 0.1) is 5.92 Å². The Kier molecular flexibility index (Phi) is 5.85. The molecule has 0 aliphatic heterocycles. The van der Waals surface area contributed by atoms with Gasteiger partial charge in [-0.25, -0.2) is 4.98 Å². The number of halogens is 1. The van der Waals surface area contributed by atoms with Crippen LogP contribution >= 0.6 is 15.9 Å². The number of benzene rings is 1. The summed E-state index contributed by atoms with van der Waals surface area (Å²) < 4.78 is 2.24. The van der Waals surface area contributed by atoms with Gasteiger partial charge in [-0.1, -0.05) is 38.1 Å². The molecule has 2 aromatic heterocycles. The van der Waals surface area contributed by atoms with Crippen molar-refractivity contribution in [2.75, 3.05) is 5.32 Å². The molecular weight excluding hydrogens is 410 g/mol. The average Bonchev–Trinajstić information content (AvgIpc) is 3.02. The number of hydrogen-bond acceptors (Lipinski definition) is 4. The van der Waals surface area contributed by atoms with E-state index in [0.29, 0.717) is 10.4 Å². The number of hydrogen-bond donors (Lipinski definition) is 2. The van der Waals surface area contributed by atoms with Gasteiger partial charge in [-0.2, -0.15) is 5.10 Å². The van der Waals surface area contributed by atoms with Crippen LogP contribution in [0.1, 0.15) is 13.8 Å². The Morgan fingerprint density at radius 1 is 1.15 bits per heavy atom. The first-order valence-electron chi connectivity index (χ1n) is 8.57. The molecule has 2 N–H and O–H groups in total. The molecule has 7 nitrogen and oxygen atoms in total. The van der Waals surface area contributed by atoms with E-state index in [1.807, 2.05) is 38.1 Å². The lowest BCUT2D eigenvalue weighted by molar-refractivity contribution is -0.127. The molecule has 140 valence electrons. The van der Waals surface area contributed by atoms with Gasteiger partial charge < -0.3 is 10.6 Å². The first kappa shape index (κ1) is 19.0. The van der Waals surface area contributed by atoms with Crippen LogP contribution in [-0.2, 0) is 16.1 Å². The maximum atomic E-state index is 12.6. The van der Waals surface area contributed by atoms with E-state index in [4.69, 9.17) is 0 Å².